The summed E-state index contributed by atoms with van der Waals surface area (Å²) in [5, 5.41) is 2.78. The number of likely N-dealkylation sites (tertiary alicyclic amines) is 1. The van der Waals surface area contributed by atoms with Crippen LogP contribution in [0.5, 0.6) is 0 Å². The third-order valence-corrected chi connectivity index (χ3v) is 10.6. The molecule has 3 aromatic rings. The molecule has 2 aliphatic rings. The van der Waals surface area contributed by atoms with E-state index in [2.05, 4.69) is 39.0 Å². The number of primary amides is 1. The minimum absolute atomic E-state index is 0.243. The number of nitrogens with two attached hydrogens (primary N) is 1. The maximum Gasteiger partial charge on any atom is 0.268 e. The Hall–Kier alpha value is -2.63. The molecule has 8 nitrogen and oxygen atoms in total. The van der Waals surface area contributed by atoms with Crippen molar-refractivity contribution >= 4 is 27.3 Å². The number of piperidine rings is 1. The summed E-state index contributed by atoms with van der Waals surface area (Å²) in [6, 6.07) is 19.5. The fourth-order valence-corrected chi connectivity index (χ4v) is 7.95. The lowest BCUT2D eigenvalue weighted by Crippen LogP contribution is -2.50. The Labute approximate surface area is 229 Å². The van der Waals surface area contributed by atoms with E-state index in [1.807, 2.05) is 12.1 Å². The Balaban J connectivity index is 1.18. The molecule has 5 rings (SSSR count). The third-order valence-electron chi connectivity index (χ3n) is 7.71. The van der Waals surface area contributed by atoms with Crippen molar-refractivity contribution in [3.63, 3.8) is 0 Å². The SMILES string of the molecule is NC(=O)c1csc(C2CCN(CCC(c3ccccc3)N3CCN(S(=O)(=O)c4ccccc4)CC3)CC2)n1. The quantitative estimate of drug-likeness (QED) is 0.435. The summed E-state index contributed by atoms with van der Waals surface area (Å²) in [4.78, 5) is 21.2. The van der Waals surface area contributed by atoms with Gasteiger partial charge in [-0.3, -0.25) is 9.69 Å². The van der Waals surface area contributed by atoms with Crippen LogP contribution in [-0.4, -0.2) is 79.2 Å². The van der Waals surface area contributed by atoms with Crippen LogP contribution < -0.4 is 5.73 Å². The Morgan fingerprint density at radius 2 is 1.58 bits per heavy atom. The summed E-state index contributed by atoms with van der Waals surface area (Å²) in [6.45, 7) is 5.39. The Morgan fingerprint density at radius 1 is 0.947 bits per heavy atom. The minimum atomic E-state index is -3.47. The number of hydrogen-bond donors (Lipinski definition) is 1. The zero-order valence-electron chi connectivity index (χ0n) is 21.5. The smallest absolute Gasteiger partial charge is 0.268 e. The molecule has 1 aromatic heterocycles. The molecule has 2 aromatic carbocycles. The van der Waals surface area contributed by atoms with E-state index in [1.54, 1.807) is 34.0 Å². The second-order valence-corrected chi connectivity index (χ2v) is 12.8. The van der Waals surface area contributed by atoms with E-state index in [4.69, 9.17) is 5.73 Å². The van der Waals surface area contributed by atoms with E-state index in [0.717, 1.165) is 43.9 Å². The first kappa shape index (κ1) is 27.0. The maximum absolute atomic E-state index is 13.1. The highest BCUT2D eigenvalue weighted by molar-refractivity contribution is 7.89. The van der Waals surface area contributed by atoms with E-state index in [1.165, 1.54) is 16.9 Å². The van der Waals surface area contributed by atoms with Gasteiger partial charge in [0, 0.05) is 43.5 Å². The van der Waals surface area contributed by atoms with Gasteiger partial charge in [0.15, 0.2) is 0 Å². The number of piperazine rings is 1. The first-order valence-electron chi connectivity index (χ1n) is 13.2. The van der Waals surface area contributed by atoms with Gasteiger partial charge in [-0.2, -0.15) is 4.31 Å². The van der Waals surface area contributed by atoms with Crippen molar-refractivity contribution < 1.29 is 13.2 Å². The van der Waals surface area contributed by atoms with Gasteiger partial charge in [0.25, 0.3) is 5.91 Å². The molecule has 2 aliphatic heterocycles. The van der Waals surface area contributed by atoms with Crippen LogP contribution in [0.3, 0.4) is 0 Å². The summed E-state index contributed by atoms with van der Waals surface area (Å²) in [7, 11) is -3.47. The number of amides is 1. The van der Waals surface area contributed by atoms with E-state index < -0.39 is 15.9 Å². The number of benzene rings is 2. The molecule has 38 heavy (non-hydrogen) atoms. The van der Waals surface area contributed by atoms with Crippen LogP contribution in [0.4, 0.5) is 0 Å². The summed E-state index contributed by atoms with van der Waals surface area (Å²) >= 11 is 1.54. The monoisotopic (exact) mass is 553 g/mol. The number of sulfonamides is 1. The molecule has 1 amide bonds. The van der Waals surface area contributed by atoms with E-state index in [0.29, 0.717) is 42.7 Å². The molecule has 202 valence electrons. The standard InChI is InChI=1S/C28H35N5O3S2/c29-27(34)25-21-37-28(30-25)23-11-14-31(15-12-23)16-13-26(22-7-3-1-4-8-22)32-17-19-33(20-18-32)38(35,36)24-9-5-2-6-10-24/h1-10,21,23,26H,11-20H2,(H2,29,34). The molecule has 2 saturated heterocycles. The molecule has 0 aliphatic carbocycles. The molecule has 10 heteroatoms. The third kappa shape index (κ3) is 6.16. The lowest BCUT2D eigenvalue weighted by Gasteiger charge is -2.40. The number of thiazole rings is 1. The van der Waals surface area contributed by atoms with Crippen molar-refractivity contribution in [2.24, 2.45) is 5.73 Å². The van der Waals surface area contributed by atoms with Crippen molar-refractivity contribution in [1.29, 1.82) is 0 Å². The lowest BCUT2D eigenvalue weighted by atomic mass is 9.96. The molecule has 2 N–H and O–H groups in total. The Kier molecular flexibility index (Phi) is 8.54. The Bertz CT molecular complexity index is 1300. The van der Waals surface area contributed by atoms with Crippen molar-refractivity contribution in [1.82, 2.24) is 19.1 Å². The van der Waals surface area contributed by atoms with Gasteiger partial charge >= 0.3 is 0 Å². The molecule has 1 atom stereocenters. The average Bonchev–Trinajstić information content (AvgIpc) is 3.46. The van der Waals surface area contributed by atoms with Crippen LogP contribution in [0.25, 0.3) is 0 Å². The maximum atomic E-state index is 13.1. The normalized spacial score (nSPS) is 19.4. The number of hydrogen-bond acceptors (Lipinski definition) is 7. The highest BCUT2D eigenvalue weighted by Gasteiger charge is 2.32. The van der Waals surface area contributed by atoms with Crippen molar-refractivity contribution in [3.05, 3.63) is 82.3 Å². The van der Waals surface area contributed by atoms with E-state index >= 15 is 0 Å². The summed E-state index contributed by atoms with van der Waals surface area (Å²) in [5.74, 6) is -0.0794. The van der Waals surface area contributed by atoms with Crippen LogP contribution in [0.1, 0.15) is 52.3 Å². The topological polar surface area (TPSA) is 99.8 Å². The van der Waals surface area contributed by atoms with Crippen LogP contribution in [0, 0.1) is 0 Å². The van der Waals surface area contributed by atoms with Crippen molar-refractivity contribution in [2.45, 2.75) is 36.1 Å². The molecule has 0 radical (unpaired) electrons. The van der Waals surface area contributed by atoms with Crippen LogP contribution in [0.15, 0.2) is 70.9 Å². The first-order valence-corrected chi connectivity index (χ1v) is 15.6. The van der Waals surface area contributed by atoms with Gasteiger partial charge in [-0.1, -0.05) is 48.5 Å². The molecular weight excluding hydrogens is 518 g/mol. The van der Waals surface area contributed by atoms with Gasteiger partial charge in [0.2, 0.25) is 10.0 Å². The van der Waals surface area contributed by atoms with Crippen molar-refractivity contribution in [2.75, 3.05) is 45.8 Å². The number of carbonyl (C=O) groups excluding carboxylic acids is 1. The van der Waals surface area contributed by atoms with Crippen LogP contribution in [0.2, 0.25) is 0 Å². The molecule has 2 fully saturated rings. The fourth-order valence-electron chi connectivity index (χ4n) is 5.53. The van der Waals surface area contributed by atoms with Gasteiger partial charge in [-0.25, -0.2) is 13.4 Å². The highest BCUT2D eigenvalue weighted by atomic mass is 32.2. The van der Waals surface area contributed by atoms with Gasteiger partial charge < -0.3 is 10.6 Å². The number of rotatable bonds is 9. The first-order chi connectivity index (χ1) is 18.4. The highest BCUT2D eigenvalue weighted by Crippen LogP contribution is 2.32. The molecule has 0 spiro atoms. The summed E-state index contributed by atoms with van der Waals surface area (Å²) < 4.78 is 27.8. The van der Waals surface area contributed by atoms with Gasteiger partial charge in [-0.15, -0.1) is 11.3 Å². The largest absolute Gasteiger partial charge is 0.364 e. The molecule has 0 bridgehead atoms. The second kappa shape index (κ2) is 12.0. The lowest BCUT2D eigenvalue weighted by molar-refractivity contribution is 0.0995. The summed E-state index contributed by atoms with van der Waals surface area (Å²) in [5.41, 5.74) is 7.02. The van der Waals surface area contributed by atoms with Crippen molar-refractivity contribution in [3.8, 4) is 0 Å². The predicted molar refractivity (Wildman–Crippen MR) is 150 cm³/mol. The van der Waals surface area contributed by atoms with E-state index in [9.17, 15) is 13.2 Å². The zero-order valence-corrected chi connectivity index (χ0v) is 23.1. The van der Waals surface area contributed by atoms with Gasteiger partial charge in [0.05, 0.1) is 9.90 Å². The predicted octanol–water partition coefficient (Wildman–Crippen LogP) is 3.56. The summed E-state index contributed by atoms with van der Waals surface area (Å²) in [6.07, 6.45) is 3.04. The van der Waals surface area contributed by atoms with Crippen LogP contribution >= 0.6 is 11.3 Å². The average molecular weight is 554 g/mol. The van der Waals surface area contributed by atoms with Gasteiger partial charge in [-0.05, 0) is 56.6 Å². The molecule has 0 saturated carbocycles. The number of aromatic nitrogens is 1. The number of nitrogens with zero attached hydrogens (tertiary/aromatic N) is 4. The van der Waals surface area contributed by atoms with Gasteiger partial charge in [0.1, 0.15) is 5.69 Å². The molecule has 3 heterocycles. The van der Waals surface area contributed by atoms with Crippen LogP contribution in [-0.2, 0) is 10.0 Å². The number of carbonyl (C=O) groups is 1. The fraction of sp³-hybridized carbons (Fsp3) is 0.429. The second-order valence-electron chi connectivity index (χ2n) is 10.0. The Morgan fingerprint density at radius 3 is 2.18 bits per heavy atom. The van der Waals surface area contributed by atoms with E-state index in [-0.39, 0.29) is 6.04 Å². The minimum Gasteiger partial charge on any atom is -0.364 e. The zero-order chi connectivity index (χ0) is 26.5. The molecular formula is C28H35N5O3S2. The molecule has 1 unspecified atom stereocenters.